The zero-order chi connectivity index (χ0) is 62.2. The molecule has 1 aliphatic rings. The minimum atomic E-state index is 0.896. The fraction of sp³-hybridized carbons (Fsp3) is 0.762. The summed E-state index contributed by atoms with van der Waals surface area (Å²) in [6.45, 7) is 11.4. The van der Waals surface area contributed by atoms with Crippen molar-refractivity contribution in [1.29, 1.82) is 0 Å². The summed E-state index contributed by atoms with van der Waals surface area (Å²) in [6, 6.07) is 17.7. The molecule has 3 rings (SSSR count). The molecule has 0 amide bonds. The van der Waals surface area contributed by atoms with E-state index in [0.717, 1.165) is 61.0 Å². The molecule has 0 saturated heterocycles. The van der Waals surface area contributed by atoms with Crippen LogP contribution in [0.3, 0.4) is 0 Å². The Bertz CT molecular complexity index is 1950. The molecule has 498 valence electrons. The molecule has 87 heavy (non-hydrogen) atoms. The first-order valence-corrected chi connectivity index (χ1v) is 39.7. The Morgan fingerprint density at radius 2 is 0.529 bits per heavy atom. The summed E-state index contributed by atoms with van der Waals surface area (Å²) in [5.74, 6) is 6.67. The van der Waals surface area contributed by atoms with Crippen LogP contribution >= 0.6 is 0 Å². The molecular weight excluding hydrogens is 1100 g/mol. The maximum absolute atomic E-state index is 11.3. The van der Waals surface area contributed by atoms with E-state index in [1.165, 1.54) is 376 Å². The molecule has 0 N–H and O–H groups in total. The third-order valence-corrected chi connectivity index (χ3v) is 19.1. The number of hydrogen-bond acceptors (Lipinski definition) is 0. The molecule has 0 saturated carbocycles. The smallest absolute Gasteiger partial charge is 0.0654 e. The van der Waals surface area contributed by atoms with Gasteiger partial charge in [0.25, 0.3) is 0 Å². The molecule has 0 aromatic heterocycles. The molecule has 0 radical (unpaired) electrons. The number of rotatable bonds is 59. The van der Waals surface area contributed by atoms with Crippen LogP contribution in [-0.2, 0) is 27.3 Å². The fourth-order valence-corrected chi connectivity index (χ4v) is 13.1. The van der Waals surface area contributed by atoms with E-state index in [-0.39, 0.29) is 0 Å². The predicted molar refractivity (Wildman–Crippen MR) is 386 cm³/mol. The van der Waals surface area contributed by atoms with Crippen molar-refractivity contribution in [2.75, 3.05) is 0 Å². The van der Waals surface area contributed by atoms with E-state index in [9.17, 15) is 5.53 Å². The Morgan fingerprint density at radius 1 is 0.287 bits per heavy atom. The maximum atomic E-state index is 11.3. The Morgan fingerprint density at radius 3 is 0.828 bits per heavy atom. The van der Waals surface area contributed by atoms with Crippen molar-refractivity contribution in [3.05, 3.63) is 88.0 Å². The van der Waals surface area contributed by atoms with Gasteiger partial charge in [0.1, 0.15) is 0 Å². The number of unbranched alkanes of at least 4 members (excludes halogenated alkanes) is 51. The molecule has 2 aromatic rings. The van der Waals surface area contributed by atoms with E-state index in [0.29, 0.717) is 0 Å². The monoisotopic (exact) mass is 1240 g/mol. The van der Waals surface area contributed by atoms with Crippen LogP contribution in [0.1, 0.15) is 423 Å². The second-order valence-electron chi connectivity index (χ2n) is 26.8. The summed E-state index contributed by atoms with van der Waals surface area (Å²) in [5, 5.41) is 0. The Hall–Kier alpha value is -2.87. The third-order valence-electron chi connectivity index (χ3n) is 18.5. The van der Waals surface area contributed by atoms with Gasteiger partial charge in [0, 0.05) is 22.8 Å². The van der Waals surface area contributed by atoms with E-state index < -0.39 is 0 Å². The van der Waals surface area contributed by atoms with Crippen LogP contribution in [0.25, 0.3) is 16.9 Å². The van der Waals surface area contributed by atoms with Crippen LogP contribution in [0.5, 0.6) is 0 Å². The Labute approximate surface area is 550 Å². The van der Waals surface area contributed by atoms with Gasteiger partial charge in [0.05, 0.1) is 0 Å². The number of hydrogen-bond donors (Lipinski definition) is 0. The van der Waals surface area contributed by atoms with Crippen molar-refractivity contribution in [3.63, 3.8) is 0 Å². The molecule has 1 heterocycles. The minimum absolute atomic E-state index is 0.896. The van der Waals surface area contributed by atoms with Crippen molar-refractivity contribution in [2.24, 2.45) is 0 Å². The molecule has 2 nitrogen and oxygen atoms in total. The SMILES string of the molecule is CCCCCCC1=C(c2ccc(CCCCC)cc2)[N+](=[N-])C(c2ccc(CCCCC)cc2)=C1.CCCCCCCCCCCCCCCCCCCCCCCCC#[C][Ni][C]#CCCCCCCCCCCCCCCCCCCCCCCCC. The van der Waals surface area contributed by atoms with Crippen molar-refractivity contribution in [3.8, 4) is 21.6 Å². The van der Waals surface area contributed by atoms with Crippen molar-refractivity contribution in [1.82, 2.24) is 0 Å². The zero-order valence-corrected chi connectivity index (χ0v) is 59.6. The summed E-state index contributed by atoms with van der Waals surface area (Å²) in [5.41, 5.74) is 19.4. The second kappa shape index (κ2) is 63.3. The molecule has 0 spiro atoms. The molecule has 0 bridgehead atoms. The molecule has 0 atom stereocenters. The summed E-state index contributed by atoms with van der Waals surface area (Å²) < 4.78 is 1.44. The first-order chi connectivity index (χ1) is 43.1. The van der Waals surface area contributed by atoms with E-state index in [4.69, 9.17) is 0 Å². The number of aryl methyl sites for hydroxylation is 2. The molecule has 0 unspecified atom stereocenters. The minimum Gasteiger partial charge on any atom is -0.0654 e. The summed E-state index contributed by atoms with van der Waals surface area (Å²) in [6.07, 6.45) is 83.6. The Kier molecular flexibility index (Phi) is 58.4. The van der Waals surface area contributed by atoms with Gasteiger partial charge in [-0.1, -0.05) is 271 Å². The average Bonchev–Trinajstić information content (AvgIpc) is 1.83. The van der Waals surface area contributed by atoms with Gasteiger partial charge in [0.15, 0.2) is 0 Å². The van der Waals surface area contributed by atoms with Crippen LogP contribution in [0.4, 0.5) is 0 Å². The van der Waals surface area contributed by atoms with Gasteiger partial charge < -0.3 is 5.53 Å². The summed E-state index contributed by atoms with van der Waals surface area (Å²) in [4.78, 5) is 6.46. The van der Waals surface area contributed by atoms with Crippen LogP contribution in [-0.4, -0.2) is 4.70 Å². The van der Waals surface area contributed by atoms with Crippen molar-refractivity contribution >= 4 is 11.4 Å². The van der Waals surface area contributed by atoms with E-state index in [1.807, 2.05) is 0 Å². The normalized spacial score (nSPS) is 12.1. The number of benzene rings is 2. The van der Waals surface area contributed by atoms with Gasteiger partial charge in [-0.15, -0.1) is 0 Å². The van der Waals surface area contributed by atoms with Crippen LogP contribution in [0.2, 0.25) is 0 Å². The Balaban J connectivity index is 0.000000648. The van der Waals surface area contributed by atoms with Crippen LogP contribution < -0.4 is 0 Å². The third kappa shape index (κ3) is 47.7. The van der Waals surface area contributed by atoms with Gasteiger partial charge in [-0.3, -0.25) is 0 Å². The van der Waals surface area contributed by atoms with Gasteiger partial charge in [-0.25, -0.2) is 4.70 Å². The molecule has 3 heteroatoms. The quantitative estimate of drug-likeness (QED) is 0.0273. The number of allylic oxidation sites excluding steroid dienone is 2. The van der Waals surface area contributed by atoms with E-state index in [2.05, 4.69) is 111 Å². The van der Waals surface area contributed by atoms with E-state index >= 15 is 0 Å². The van der Waals surface area contributed by atoms with E-state index in [1.54, 1.807) is 0 Å². The predicted octanol–water partition coefficient (Wildman–Crippen LogP) is 28.9. The van der Waals surface area contributed by atoms with Crippen molar-refractivity contribution in [2.45, 2.75) is 413 Å². The molecule has 0 fully saturated rings. The first-order valence-electron chi connectivity index (χ1n) is 38.7. The average molecular weight is 1240 g/mol. The van der Waals surface area contributed by atoms with Gasteiger partial charge in [0.2, 0.25) is 11.4 Å². The second-order valence-corrected chi connectivity index (χ2v) is 27.5. The van der Waals surface area contributed by atoms with Crippen molar-refractivity contribution < 1.29 is 19.1 Å². The summed E-state index contributed by atoms with van der Waals surface area (Å²) in [7, 11) is 0. The van der Waals surface area contributed by atoms with Gasteiger partial charge in [-0.05, 0) is 73.9 Å². The zero-order valence-electron chi connectivity index (χ0n) is 58.6. The van der Waals surface area contributed by atoms with Gasteiger partial charge >= 0.3 is 164 Å². The topological polar surface area (TPSA) is 25.3 Å². The molecule has 2 aromatic carbocycles. The van der Waals surface area contributed by atoms with Gasteiger partial charge in [-0.2, -0.15) is 0 Å². The van der Waals surface area contributed by atoms with Crippen LogP contribution in [0, 0.1) is 21.6 Å². The summed E-state index contributed by atoms with van der Waals surface area (Å²) >= 11 is 1.33. The standard InChI is InChI=1S/C32H44N2.2C26H49.Ni/c1-4-7-10-13-16-30-25-31(28-21-17-26(18-22-28)14-11-8-5-2)34(33)32(30)29-23-19-27(20-24-29)15-12-9-6-3;2*1-3-5-7-9-11-13-15-17-19-21-23-25-26-24-22-20-18-16-14-12-10-8-6-4-2;/h17-25H,4-16H2,1-3H3;2*3,5-26H2,1H3;. The number of nitrogens with zero attached hydrogens (tertiary/aromatic N) is 2. The molecule has 1 aliphatic heterocycles. The first kappa shape index (κ1) is 80.2. The van der Waals surface area contributed by atoms with Crippen LogP contribution in [0.15, 0.2) is 60.2 Å². The molecule has 0 aliphatic carbocycles. The molecular formula is C84H142N2Ni. The fourth-order valence-electron chi connectivity index (χ4n) is 12.6.